The molecule has 0 amide bonds. The highest BCUT2D eigenvalue weighted by Gasteiger charge is 2.17. The summed E-state index contributed by atoms with van der Waals surface area (Å²) < 4.78 is 11.6. The SMILES string of the molecule is COc1ccc2ncc(OP(c3ccccc3)c3ccccc3)nc2c1. The molecule has 0 atom stereocenters. The molecule has 0 fully saturated rings. The van der Waals surface area contributed by atoms with Crippen molar-refractivity contribution in [3.05, 3.63) is 85.1 Å². The van der Waals surface area contributed by atoms with E-state index in [4.69, 9.17) is 9.26 Å². The van der Waals surface area contributed by atoms with Crippen LogP contribution in [-0.4, -0.2) is 17.1 Å². The van der Waals surface area contributed by atoms with Crippen LogP contribution in [0, 0.1) is 0 Å². The molecule has 0 unspecified atom stereocenters. The standard InChI is InChI=1S/C21H17N2O2P/c1-24-16-12-13-19-20(14-16)23-21(15-22-19)25-26(17-8-4-2-5-9-17)18-10-6-3-7-11-18/h2-15H,1H3. The van der Waals surface area contributed by atoms with E-state index < -0.39 is 8.15 Å². The van der Waals surface area contributed by atoms with Crippen molar-refractivity contribution in [1.82, 2.24) is 9.97 Å². The Balaban J connectivity index is 1.72. The lowest BCUT2D eigenvalue weighted by atomic mass is 10.3. The second-order valence-corrected chi connectivity index (χ2v) is 7.42. The van der Waals surface area contributed by atoms with E-state index in [1.807, 2.05) is 54.6 Å². The third-order valence-electron chi connectivity index (χ3n) is 3.89. The van der Waals surface area contributed by atoms with E-state index in [-0.39, 0.29) is 0 Å². The molecule has 0 aliphatic rings. The summed E-state index contributed by atoms with van der Waals surface area (Å²) in [7, 11) is 0.610. The van der Waals surface area contributed by atoms with Gasteiger partial charge in [-0.25, -0.2) is 9.97 Å². The zero-order valence-corrected chi connectivity index (χ0v) is 15.1. The van der Waals surface area contributed by atoms with Gasteiger partial charge in [-0.3, -0.25) is 0 Å². The normalized spacial score (nSPS) is 10.8. The van der Waals surface area contributed by atoms with Crippen LogP contribution in [-0.2, 0) is 0 Å². The fourth-order valence-corrected chi connectivity index (χ4v) is 4.29. The van der Waals surface area contributed by atoms with Crippen LogP contribution in [0.2, 0.25) is 0 Å². The average Bonchev–Trinajstić information content (AvgIpc) is 2.72. The molecule has 0 aliphatic carbocycles. The molecule has 4 aromatic rings. The van der Waals surface area contributed by atoms with Crippen molar-refractivity contribution in [3.63, 3.8) is 0 Å². The van der Waals surface area contributed by atoms with Gasteiger partial charge in [0.1, 0.15) is 5.75 Å². The zero-order chi connectivity index (χ0) is 17.8. The maximum atomic E-state index is 6.32. The topological polar surface area (TPSA) is 44.2 Å². The highest BCUT2D eigenvalue weighted by molar-refractivity contribution is 7.68. The van der Waals surface area contributed by atoms with Crippen LogP contribution in [0.1, 0.15) is 0 Å². The number of methoxy groups -OCH3 is 1. The van der Waals surface area contributed by atoms with Crippen LogP contribution in [0.4, 0.5) is 0 Å². The number of hydrogen-bond donors (Lipinski definition) is 0. The molecular formula is C21H17N2O2P. The van der Waals surface area contributed by atoms with E-state index in [2.05, 4.69) is 34.2 Å². The maximum Gasteiger partial charge on any atom is 0.236 e. The lowest BCUT2D eigenvalue weighted by molar-refractivity contribution is 0.415. The molecule has 3 aromatic carbocycles. The van der Waals surface area contributed by atoms with Crippen molar-refractivity contribution >= 4 is 29.8 Å². The minimum absolute atomic E-state index is 0.504. The van der Waals surface area contributed by atoms with Crippen molar-refractivity contribution in [2.24, 2.45) is 0 Å². The number of benzene rings is 3. The van der Waals surface area contributed by atoms with Crippen molar-refractivity contribution < 1.29 is 9.26 Å². The second-order valence-electron chi connectivity index (χ2n) is 5.62. The third kappa shape index (κ3) is 3.51. The van der Waals surface area contributed by atoms with Crippen molar-refractivity contribution in [2.75, 3.05) is 7.11 Å². The number of hydrogen-bond acceptors (Lipinski definition) is 4. The molecule has 0 saturated carbocycles. The van der Waals surface area contributed by atoms with Gasteiger partial charge >= 0.3 is 0 Å². The van der Waals surface area contributed by atoms with E-state index in [1.54, 1.807) is 13.3 Å². The molecule has 1 aromatic heterocycles. The molecule has 0 spiro atoms. The van der Waals surface area contributed by atoms with Gasteiger partial charge in [-0.2, -0.15) is 0 Å². The molecule has 0 radical (unpaired) electrons. The van der Waals surface area contributed by atoms with Gasteiger partial charge in [0.2, 0.25) is 5.88 Å². The molecule has 4 rings (SSSR count). The Morgan fingerprint density at radius 3 is 2.04 bits per heavy atom. The van der Waals surface area contributed by atoms with E-state index in [9.17, 15) is 0 Å². The Bertz CT molecular complexity index is 971. The lowest BCUT2D eigenvalue weighted by Crippen LogP contribution is -2.15. The zero-order valence-electron chi connectivity index (χ0n) is 14.2. The van der Waals surface area contributed by atoms with Crippen molar-refractivity contribution in [3.8, 4) is 11.6 Å². The van der Waals surface area contributed by atoms with Crippen LogP contribution < -0.4 is 19.9 Å². The first-order chi connectivity index (χ1) is 12.8. The second kappa shape index (κ2) is 7.51. The average molecular weight is 360 g/mol. The van der Waals surface area contributed by atoms with Crippen molar-refractivity contribution in [1.29, 1.82) is 0 Å². The van der Waals surface area contributed by atoms with Gasteiger partial charge in [-0.05, 0) is 12.1 Å². The predicted octanol–water partition coefficient (Wildman–Crippen LogP) is 4.07. The molecule has 4 nitrogen and oxygen atoms in total. The minimum Gasteiger partial charge on any atom is -0.497 e. The Kier molecular flexibility index (Phi) is 4.76. The lowest BCUT2D eigenvalue weighted by Gasteiger charge is -2.18. The Labute approximate surface area is 153 Å². The summed E-state index contributed by atoms with van der Waals surface area (Å²) in [6.45, 7) is 0. The summed E-state index contributed by atoms with van der Waals surface area (Å²) in [6.07, 6.45) is 1.68. The number of nitrogens with zero attached hydrogens (tertiary/aromatic N) is 2. The first-order valence-electron chi connectivity index (χ1n) is 8.22. The largest absolute Gasteiger partial charge is 0.497 e. The minimum atomic E-state index is -1.03. The molecule has 0 bridgehead atoms. The van der Waals surface area contributed by atoms with Gasteiger partial charge in [-0.15, -0.1) is 0 Å². The summed E-state index contributed by atoms with van der Waals surface area (Å²) >= 11 is 0. The van der Waals surface area contributed by atoms with Gasteiger partial charge in [0.15, 0.2) is 8.15 Å². The number of rotatable bonds is 5. The Morgan fingerprint density at radius 1 is 0.769 bits per heavy atom. The van der Waals surface area contributed by atoms with Gasteiger partial charge in [-0.1, -0.05) is 60.7 Å². The van der Waals surface area contributed by atoms with E-state index in [0.29, 0.717) is 5.88 Å². The van der Waals surface area contributed by atoms with Crippen molar-refractivity contribution in [2.45, 2.75) is 0 Å². The number of ether oxygens (including phenoxy) is 1. The molecular weight excluding hydrogens is 343 g/mol. The number of fused-ring (bicyclic) bond motifs is 1. The number of aromatic nitrogens is 2. The van der Waals surface area contributed by atoms with Gasteiger partial charge in [0.05, 0.1) is 24.3 Å². The summed E-state index contributed by atoms with van der Waals surface area (Å²) in [6, 6.07) is 26.0. The highest BCUT2D eigenvalue weighted by atomic mass is 31.1. The molecule has 1 heterocycles. The van der Waals surface area contributed by atoms with Crippen LogP contribution in [0.3, 0.4) is 0 Å². The van der Waals surface area contributed by atoms with Gasteiger partial charge in [0, 0.05) is 16.7 Å². The molecule has 5 heteroatoms. The van der Waals surface area contributed by atoms with E-state index in [1.165, 1.54) is 0 Å². The highest BCUT2D eigenvalue weighted by Crippen LogP contribution is 2.36. The summed E-state index contributed by atoms with van der Waals surface area (Å²) in [5.74, 6) is 1.25. The molecule has 128 valence electrons. The fraction of sp³-hybridized carbons (Fsp3) is 0.0476. The smallest absolute Gasteiger partial charge is 0.236 e. The van der Waals surface area contributed by atoms with Crippen LogP contribution in [0.25, 0.3) is 11.0 Å². The van der Waals surface area contributed by atoms with Crippen LogP contribution in [0.5, 0.6) is 11.6 Å². The van der Waals surface area contributed by atoms with Gasteiger partial charge in [0.25, 0.3) is 0 Å². The third-order valence-corrected chi connectivity index (χ3v) is 5.80. The predicted molar refractivity (Wildman–Crippen MR) is 106 cm³/mol. The van der Waals surface area contributed by atoms with Crippen LogP contribution in [0.15, 0.2) is 85.1 Å². The van der Waals surface area contributed by atoms with Crippen LogP contribution >= 0.6 is 8.15 Å². The molecule has 26 heavy (non-hydrogen) atoms. The monoisotopic (exact) mass is 360 g/mol. The molecule has 0 saturated heterocycles. The first kappa shape index (κ1) is 16.5. The van der Waals surface area contributed by atoms with E-state index >= 15 is 0 Å². The molecule has 0 aliphatic heterocycles. The van der Waals surface area contributed by atoms with Gasteiger partial charge < -0.3 is 9.26 Å². The fourth-order valence-electron chi connectivity index (χ4n) is 2.62. The summed E-state index contributed by atoms with van der Waals surface area (Å²) in [5.41, 5.74) is 1.56. The molecule has 0 N–H and O–H groups in total. The maximum absolute atomic E-state index is 6.32. The Hall–Kier alpha value is -2.97. The first-order valence-corrected chi connectivity index (χ1v) is 9.48. The quantitative estimate of drug-likeness (QED) is 0.504. The summed E-state index contributed by atoms with van der Waals surface area (Å²) in [4.78, 5) is 9.09. The summed E-state index contributed by atoms with van der Waals surface area (Å²) in [5, 5.41) is 2.25. The van der Waals surface area contributed by atoms with E-state index in [0.717, 1.165) is 27.4 Å². The Morgan fingerprint density at radius 2 is 1.42 bits per heavy atom.